The van der Waals surface area contributed by atoms with Crippen molar-refractivity contribution in [1.82, 2.24) is 5.43 Å². The van der Waals surface area contributed by atoms with Gasteiger partial charge in [0.25, 0.3) is 0 Å². The number of anilines is 1. The number of allylic oxidation sites excluding steroid dienone is 2. The average Bonchev–Trinajstić information content (AvgIpc) is 2.97. The summed E-state index contributed by atoms with van der Waals surface area (Å²) >= 11 is 6.75. The second-order valence-electron chi connectivity index (χ2n) is 5.95. The number of hydrogen-bond donors (Lipinski definition) is 1. The van der Waals surface area contributed by atoms with Crippen LogP contribution in [0.25, 0.3) is 0 Å². The molecule has 1 atom stereocenters. The van der Waals surface area contributed by atoms with Gasteiger partial charge in [0.15, 0.2) is 0 Å². The van der Waals surface area contributed by atoms with Crippen molar-refractivity contribution in [3.63, 3.8) is 0 Å². The summed E-state index contributed by atoms with van der Waals surface area (Å²) in [5.41, 5.74) is 4.23. The first-order valence-electron chi connectivity index (χ1n) is 7.92. The molecule has 1 saturated carbocycles. The molecule has 1 aromatic rings. The van der Waals surface area contributed by atoms with Gasteiger partial charge in [0.2, 0.25) is 11.8 Å². The van der Waals surface area contributed by atoms with E-state index in [4.69, 9.17) is 20.8 Å². The van der Waals surface area contributed by atoms with Crippen LogP contribution < -0.4 is 10.4 Å². The van der Waals surface area contributed by atoms with Gasteiger partial charge in [0.05, 0.1) is 12.5 Å². The van der Waals surface area contributed by atoms with Crippen LogP contribution in [0.4, 0.5) is 5.88 Å². The lowest BCUT2D eigenvalue weighted by Gasteiger charge is -2.25. The molecular weight excluding hydrogens is 300 g/mol. The fourth-order valence-corrected chi connectivity index (χ4v) is 3.67. The minimum Gasteiger partial charge on any atom is -0.481 e. The summed E-state index contributed by atoms with van der Waals surface area (Å²) < 4.78 is 11.1. The highest BCUT2D eigenvalue weighted by Crippen LogP contribution is 2.41. The number of nitrogens with zero attached hydrogens (tertiary/aromatic N) is 1. The van der Waals surface area contributed by atoms with Crippen LogP contribution in [0.15, 0.2) is 34.7 Å². The largest absolute Gasteiger partial charge is 0.481 e. The van der Waals surface area contributed by atoms with Crippen LogP contribution in [0, 0.1) is 12.8 Å². The van der Waals surface area contributed by atoms with Crippen LogP contribution in [-0.4, -0.2) is 7.11 Å². The van der Waals surface area contributed by atoms with E-state index in [9.17, 15) is 0 Å². The number of ether oxygens (including phenoxy) is 1. The van der Waals surface area contributed by atoms with E-state index in [2.05, 4.69) is 5.43 Å². The topological polar surface area (TPSA) is 37.6 Å². The van der Waals surface area contributed by atoms with Crippen molar-refractivity contribution in [2.45, 2.75) is 44.4 Å². The zero-order valence-electron chi connectivity index (χ0n) is 13.1. The summed E-state index contributed by atoms with van der Waals surface area (Å²) in [6, 6.07) is 2.04. The lowest BCUT2D eigenvalue weighted by atomic mass is 9.84. The molecule has 22 heavy (non-hydrogen) atoms. The Morgan fingerprint density at radius 1 is 1.36 bits per heavy atom. The van der Waals surface area contributed by atoms with E-state index in [1.807, 2.05) is 31.3 Å². The maximum absolute atomic E-state index is 6.75. The van der Waals surface area contributed by atoms with Crippen LogP contribution in [0.5, 0.6) is 0 Å². The lowest BCUT2D eigenvalue weighted by molar-refractivity contribution is 0.258. The van der Waals surface area contributed by atoms with Gasteiger partial charge in [0, 0.05) is 23.9 Å². The molecule has 120 valence electrons. The minimum atomic E-state index is 0.0315. The Hall–Kier alpha value is -1.55. The van der Waals surface area contributed by atoms with Gasteiger partial charge >= 0.3 is 0 Å². The first kappa shape index (κ1) is 15.3. The van der Waals surface area contributed by atoms with E-state index in [1.165, 1.54) is 32.1 Å². The Morgan fingerprint density at radius 2 is 2.14 bits per heavy atom. The van der Waals surface area contributed by atoms with Crippen molar-refractivity contribution in [2.75, 3.05) is 12.1 Å². The summed E-state index contributed by atoms with van der Waals surface area (Å²) in [7, 11) is 1.63. The monoisotopic (exact) mass is 322 g/mol. The Kier molecular flexibility index (Phi) is 4.67. The van der Waals surface area contributed by atoms with Crippen molar-refractivity contribution in [1.29, 1.82) is 0 Å². The highest BCUT2D eigenvalue weighted by Gasteiger charge is 2.27. The quantitative estimate of drug-likeness (QED) is 0.810. The molecule has 0 saturated heterocycles. The normalized spacial score (nSPS) is 20.5. The summed E-state index contributed by atoms with van der Waals surface area (Å²) in [5.74, 6) is 2.85. The molecule has 5 heteroatoms. The maximum atomic E-state index is 6.75. The van der Waals surface area contributed by atoms with E-state index in [-0.39, 0.29) is 5.38 Å². The Morgan fingerprint density at radius 3 is 2.86 bits per heavy atom. The number of nitrogens with one attached hydrogen (secondary N) is 1. The van der Waals surface area contributed by atoms with Gasteiger partial charge in [-0.15, -0.1) is 11.6 Å². The molecule has 1 aromatic heterocycles. The third-order valence-electron chi connectivity index (χ3n) is 4.47. The van der Waals surface area contributed by atoms with Crippen molar-refractivity contribution in [3.05, 3.63) is 41.6 Å². The minimum absolute atomic E-state index is 0.0315. The van der Waals surface area contributed by atoms with Gasteiger partial charge < -0.3 is 9.15 Å². The number of methoxy groups -OCH3 is 1. The second kappa shape index (κ2) is 6.69. The molecule has 1 aliphatic carbocycles. The van der Waals surface area contributed by atoms with Crippen LogP contribution in [0.2, 0.25) is 0 Å². The third kappa shape index (κ3) is 3.12. The predicted octanol–water partition coefficient (Wildman–Crippen LogP) is 4.77. The summed E-state index contributed by atoms with van der Waals surface area (Å²) in [6.45, 7) is 1.98. The Labute approximate surface area is 136 Å². The van der Waals surface area contributed by atoms with Crippen molar-refractivity contribution in [3.8, 4) is 0 Å². The van der Waals surface area contributed by atoms with Gasteiger partial charge in [-0.25, -0.2) is 5.01 Å². The molecule has 1 N–H and O–H groups in total. The first-order chi connectivity index (χ1) is 10.7. The smallest absolute Gasteiger partial charge is 0.218 e. The van der Waals surface area contributed by atoms with Crippen molar-refractivity contribution < 1.29 is 9.15 Å². The Balaban J connectivity index is 1.76. The van der Waals surface area contributed by atoms with Crippen LogP contribution >= 0.6 is 11.6 Å². The van der Waals surface area contributed by atoms with E-state index < -0.39 is 0 Å². The molecule has 0 aromatic carbocycles. The van der Waals surface area contributed by atoms with E-state index in [0.717, 1.165) is 17.2 Å². The van der Waals surface area contributed by atoms with Gasteiger partial charge in [-0.3, -0.25) is 5.43 Å². The molecular formula is C17H23ClN2O2. The number of hydrazine groups is 1. The van der Waals surface area contributed by atoms with Crippen molar-refractivity contribution in [2.24, 2.45) is 5.92 Å². The van der Waals surface area contributed by atoms with Crippen molar-refractivity contribution >= 4 is 17.5 Å². The van der Waals surface area contributed by atoms with Crippen LogP contribution in [-0.2, 0) is 4.74 Å². The molecule has 1 unspecified atom stereocenters. The van der Waals surface area contributed by atoms with E-state index >= 15 is 0 Å². The SMILES string of the molecule is COC1=CC=CN(c2cc(C(Cl)C3CCCCC3)c(C)o2)N1. The molecule has 1 fully saturated rings. The molecule has 2 heterocycles. The number of aryl methyl sites for hydroxylation is 1. The molecule has 0 bridgehead atoms. The van der Waals surface area contributed by atoms with Crippen LogP contribution in [0.1, 0.15) is 48.8 Å². The zero-order chi connectivity index (χ0) is 15.5. The zero-order valence-corrected chi connectivity index (χ0v) is 13.9. The average molecular weight is 323 g/mol. The standard InChI is InChI=1S/C17H23ClN2O2/c1-12-14(17(18)13-7-4-3-5-8-13)11-16(22-12)20-10-6-9-15(19-20)21-2/h6,9-11,13,17,19H,3-5,7-8H2,1-2H3. The molecule has 0 spiro atoms. The lowest BCUT2D eigenvalue weighted by Crippen LogP contribution is -2.34. The number of rotatable bonds is 4. The van der Waals surface area contributed by atoms with Gasteiger partial charge in [0.1, 0.15) is 5.76 Å². The highest BCUT2D eigenvalue weighted by atomic mass is 35.5. The number of alkyl halides is 1. The van der Waals surface area contributed by atoms with Crippen LogP contribution in [0.3, 0.4) is 0 Å². The molecule has 2 aliphatic rings. The van der Waals surface area contributed by atoms with Gasteiger partial charge in [-0.1, -0.05) is 19.3 Å². The fraction of sp³-hybridized carbons (Fsp3) is 0.529. The molecule has 3 rings (SSSR count). The van der Waals surface area contributed by atoms with E-state index in [0.29, 0.717) is 11.8 Å². The molecule has 0 amide bonds. The Bertz CT molecular complexity index is 573. The maximum Gasteiger partial charge on any atom is 0.218 e. The summed E-state index contributed by atoms with van der Waals surface area (Å²) in [4.78, 5) is 0. The van der Waals surface area contributed by atoms with Gasteiger partial charge in [-0.2, -0.15) is 0 Å². The fourth-order valence-electron chi connectivity index (χ4n) is 3.21. The summed E-state index contributed by atoms with van der Waals surface area (Å²) in [6.07, 6.45) is 12.0. The molecule has 0 radical (unpaired) electrons. The number of furan rings is 1. The number of hydrogen-bond acceptors (Lipinski definition) is 4. The first-order valence-corrected chi connectivity index (χ1v) is 8.35. The second-order valence-corrected chi connectivity index (χ2v) is 6.42. The highest BCUT2D eigenvalue weighted by molar-refractivity contribution is 6.21. The van der Waals surface area contributed by atoms with Gasteiger partial charge in [-0.05, 0) is 31.8 Å². The molecule has 4 nitrogen and oxygen atoms in total. The predicted molar refractivity (Wildman–Crippen MR) is 88.5 cm³/mol. The van der Waals surface area contributed by atoms with E-state index in [1.54, 1.807) is 12.1 Å². The summed E-state index contributed by atoms with van der Waals surface area (Å²) in [5, 5.41) is 1.84. The molecule has 1 aliphatic heterocycles. The number of halogens is 1. The third-order valence-corrected chi connectivity index (χ3v) is 5.07.